The fourth-order valence-corrected chi connectivity index (χ4v) is 2.31. The van der Waals surface area contributed by atoms with E-state index in [1.54, 1.807) is 30.3 Å². The predicted octanol–water partition coefficient (Wildman–Crippen LogP) is -1.12. The summed E-state index contributed by atoms with van der Waals surface area (Å²) in [4.78, 5) is 61.3. The van der Waals surface area contributed by atoms with Gasteiger partial charge in [0.2, 0.25) is 17.7 Å². The number of nitrogens with one attached hydrogen (secondary N) is 1. The van der Waals surface area contributed by atoms with Crippen molar-refractivity contribution in [3.63, 3.8) is 0 Å². The molecule has 0 fully saturated rings. The molecule has 1 aromatic carbocycles. The van der Waals surface area contributed by atoms with Gasteiger partial charge < -0.3 is 19.9 Å². The Labute approximate surface area is 177 Å². The van der Waals surface area contributed by atoms with Gasteiger partial charge in [-0.3, -0.25) is 19.2 Å². The van der Waals surface area contributed by atoms with Crippen molar-refractivity contribution in [1.82, 2.24) is 15.1 Å². The average Bonchev–Trinajstić information content (AvgIpc) is 2.75. The lowest BCUT2D eigenvalue weighted by atomic mass is 10.0. The maximum Gasteiger partial charge on any atom is 0.376 e. The quantitative estimate of drug-likeness (QED) is 0.265. The Morgan fingerprint density at radius 2 is 1.60 bits per heavy atom. The number of esters is 1. The van der Waals surface area contributed by atoms with Gasteiger partial charge in [-0.2, -0.15) is 0 Å². The number of carbonyl (C=O) groups excluding carboxylic acids is 5. The van der Waals surface area contributed by atoms with E-state index < -0.39 is 36.0 Å². The molecular formula is C19H23B2N3O6. The molecule has 0 bridgehead atoms. The van der Waals surface area contributed by atoms with Gasteiger partial charge in [-0.1, -0.05) is 30.3 Å². The van der Waals surface area contributed by atoms with Crippen molar-refractivity contribution in [3.05, 3.63) is 35.9 Å². The van der Waals surface area contributed by atoms with Gasteiger partial charge in [0.25, 0.3) is 5.78 Å². The molecule has 11 heteroatoms. The standard InChI is InChI=1S/C19H23B2N3O6/c1-23(17(27)9-20)12-16(26)22-7-8-24(18(28)10-21)11-15(25)19(29)30-13-14-5-3-2-4-6-14/h2-6H,7-13H2,1H3,(H,22,26). The van der Waals surface area contributed by atoms with Gasteiger partial charge in [0, 0.05) is 20.1 Å². The second-order valence-electron chi connectivity index (χ2n) is 6.31. The normalized spacial score (nSPS) is 10.0. The van der Waals surface area contributed by atoms with E-state index in [0.29, 0.717) is 5.56 Å². The zero-order valence-corrected chi connectivity index (χ0v) is 16.8. The molecule has 3 amide bonds. The minimum atomic E-state index is -1.07. The minimum absolute atomic E-state index is 0.00156. The maximum atomic E-state index is 12.1. The molecule has 0 aliphatic heterocycles. The van der Waals surface area contributed by atoms with Crippen LogP contribution in [0.3, 0.4) is 0 Å². The summed E-state index contributed by atoms with van der Waals surface area (Å²) in [5.74, 6) is -3.41. The maximum absolute atomic E-state index is 12.1. The number of rotatable bonds is 12. The van der Waals surface area contributed by atoms with Crippen LogP contribution in [-0.4, -0.2) is 88.2 Å². The Hall–Kier alpha value is -3.10. The topological polar surface area (TPSA) is 113 Å². The summed E-state index contributed by atoms with van der Waals surface area (Å²) in [6.07, 6.45) is -0.584. The van der Waals surface area contributed by atoms with Gasteiger partial charge in [0.15, 0.2) is 0 Å². The zero-order chi connectivity index (χ0) is 22.5. The third-order valence-electron chi connectivity index (χ3n) is 3.99. The first-order valence-corrected chi connectivity index (χ1v) is 9.21. The van der Waals surface area contributed by atoms with Crippen molar-refractivity contribution in [1.29, 1.82) is 0 Å². The van der Waals surface area contributed by atoms with Crippen molar-refractivity contribution < 1.29 is 28.7 Å². The second-order valence-corrected chi connectivity index (χ2v) is 6.31. The van der Waals surface area contributed by atoms with Crippen molar-refractivity contribution >= 4 is 45.2 Å². The zero-order valence-electron chi connectivity index (χ0n) is 16.8. The number of ether oxygens (including phenoxy) is 1. The summed E-state index contributed by atoms with van der Waals surface area (Å²) in [5.41, 5.74) is 0.717. The molecule has 0 unspecified atom stereocenters. The molecule has 156 valence electrons. The van der Waals surface area contributed by atoms with Crippen LogP contribution in [0, 0.1) is 0 Å². The first kappa shape index (κ1) is 24.9. The summed E-state index contributed by atoms with van der Waals surface area (Å²) in [5, 5.41) is 2.52. The van der Waals surface area contributed by atoms with Crippen LogP contribution in [0.25, 0.3) is 0 Å². The van der Waals surface area contributed by atoms with Crippen LogP contribution in [-0.2, 0) is 35.3 Å². The van der Waals surface area contributed by atoms with E-state index in [4.69, 9.17) is 20.4 Å². The molecule has 0 saturated heterocycles. The van der Waals surface area contributed by atoms with E-state index in [2.05, 4.69) is 5.32 Å². The molecule has 1 rings (SSSR count). The molecule has 4 radical (unpaired) electrons. The Morgan fingerprint density at radius 1 is 0.967 bits per heavy atom. The fourth-order valence-electron chi connectivity index (χ4n) is 2.31. The van der Waals surface area contributed by atoms with Crippen LogP contribution in [0.1, 0.15) is 5.56 Å². The number of hydrogen-bond donors (Lipinski definition) is 1. The summed E-state index contributed by atoms with van der Waals surface area (Å²) in [6.45, 7) is -0.840. The van der Waals surface area contributed by atoms with Crippen LogP contribution in [0.4, 0.5) is 0 Å². The van der Waals surface area contributed by atoms with E-state index in [-0.39, 0.29) is 38.9 Å². The number of benzene rings is 1. The SMILES string of the molecule is [B]CC(=O)N(C)CC(=O)NCCN(CC(=O)C(=O)OCc1ccccc1)C(=O)C[B]. The van der Waals surface area contributed by atoms with Crippen LogP contribution < -0.4 is 5.32 Å². The van der Waals surface area contributed by atoms with Crippen LogP contribution in [0.2, 0.25) is 12.6 Å². The highest BCUT2D eigenvalue weighted by atomic mass is 16.5. The molecule has 30 heavy (non-hydrogen) atoms. The van der Waals surface area contributed by atoms with E-state index >= 15 is 0 Å². The first-order chi connectivity index (χ1) is 14.3. The van der Waals surface area contributed by atoms with E-state index in [1.807, 2.05) is 0 Å². The van der Waals surface area contributed by atoms with Crippen LogP contribution in [0.5, 0.6) is 0 Å². The molecule has 0 aromatic heterocycles. The summed E-state index contributed by atoms with van der Waals surface area (Å²) in [7, 11) is 12.0. The Bertz CT molecular complexity index is 760. The molecule has 0 atom stereocenters. The molecule has 0 aliphatic carbocycles. The van der Waals surface area contributed by atoms with Gasteiger partial charge in [0.1, 0.15) is 6.61 Å². The molecule has 1 aromatic rings. The monoisotopic (exact) mass is 411 g/mol. The van der Waals surface area contributed by atoms with E-state index in [9.17, 15) is 24.0 Å². The highest BCUT2D eigenvalue weighted by Gasteiger charge is 2.22. The predicted molar refractivity (Wildman–Crippen MR) is 110 cm³/mol. The molecule has 0 saturated carbocycles. The molecule has 1 N–H and O–H groups in total. The number of Topliss-reactive ketones (excluding diaryl/α,β-unsaturated/α-hetero) is 1. The highest BCUT2D eigenvalue weighted by molar-refractivity contribution is 6.35. The van der Waals surface area contributed by atoms with Gasteiger partial charge >= 0.3 is 5.97 Å². The molecule has 0 heterocycles. The smallest absolute Gasteiger partial charge is 0.376 e. The Balaban J connectivity index is 2.49. The summed E-state index contributed by atoms with van der Waals surface area (Å²) >= 11 is 0. The lowest BCUT2D eigenvalue weighted by Gasteiger charge is -2.22. The van der Waals surface area contributed by atoms with E-state index in [0.717, 1.165) is 9.80 Å². The average molecular weight is 411 g/mol. The van der Waals surface area contributed by atoms with Crippen LogP contribution in [0.15, 0.2) is 30.3 Å². The Kier molecular flexibility index (Phi) is 11.0. The van der Waals surface area contributed by atoms with Gasteiger partial charge in [-0.05, 0) is 18.2 Å². The lowest BCUT2D eigenvalue weighted by Crippen LogP contribution is -2.44. The number of amides is 3. The highest BCUT2D eigenvalue weighted by Crippen LogP contribution is 2.02. The second kappa shape index (κ2) is 13.2. The third kappa shape index (κ3) is 8.93. The van der Waals surface area contributed by atoms with Crippen molar-refractivity contribution in [3.8, 4) is 0 Å². The summed E-state index contributed by atoms with van der Waals surface area (Å²) < 4.78 is 4.95. The minimum Gasteiger partial charge on any atom is -0.455 e. The van der Waals surface area contributed by atoms with Crippen LogP contribution >= 0.6 is 0 Å². The number of hydrogen-bond acceptors (Lipinski definition) is 6. The largest absolute Gasteiger partial charge is 0.455 e. The third-order valence-corrected chi connectivity index (χ3v) is 3.99. The van der Waals surface area contributed by atoms with Crippen molar-refractivity contribution in [2.75, 3.05) is 33.2 Å². The van der Waals surface area contributed by atoms with Gasteiger partial charge in [-0.25, -0.2) is 4.79 Å². The lowest BCUT2D eigenvalue weighted by molar-refractivity contribution is -0.156. The van der Waals surface area contributed by atoms with Crippen molar-refractivity contribution in [2.45, 2.75) is 19.2 Å². The number of likely N-dealkylation sites (N-methyl/N-ethyl adjacent to an activating group) is 1. The van der Waals surface area contributed by atoms with Gasteiger partial charge in [-0.15, -0.1) is 0 Å². The molecule has 9 nitrogen and oxygen atoms in total. The molecule has 0 spiro atoms. The number of nitrogens with zero attached hydrogens (tertiary/aromatic N) is 2. The summed E-state index contributed by atoms with van der Waals surface area (Å²) in [6, 6.07) is 8.82. The van der Waals surface area contributed by atoms with E-state index in [1.165, 1.54) is 7.05 Å². The van der Waals surface area contributed by atoms with Crippen molar-refractivity contribution in [2.24, 2.45) is 0 Å². The number of ketones is 1. The first-order valence-electron chi connectivity index (χ1n) is 9.21. The fraction of sp³-hybridized carbons (Fsp3) is 0.421. The molecule has 0 aliphatic rings. The number of carbonyl (C=O) groups is 5. The van der Waals surface area contributed by atoms with Gasteiger partial charge in [0.05, 0.1) is 28.8 Å². The molecular weight excluding hydrogens is 388 g/mol. The Morgan fingerprint density at radius 3 is 2.20 bits per heavy atom.